The summed E-state index contributed by atoms with van der Waals surface area (Å²) in [6.07, 6.45) is 1.87. The van der Waals surface area contributed by atoms with Crippen molar-refractivity contribution < 1.29 is 8.42 Å². The monoisotopic (exact) mass is 246 g/mol. The second-order valence-electron chi connectivity index (χ2n) is 5.27. The van der Waals surface area contributed by atoms with Gasteiger partial charge in [0.05, 0.1) is 11.5 Å². The van der Waals surface area contributed by atoms with E-state index in [1.54, 1.807) is 0 Å². The van der Waals surface area contributed by atoms with Crippen LogP contribution >= 0.6 is 0 Å². The molecule has 94 valence electrons. The van der Waals surface area contributed by atoms with Gasteiger partial charge in [-0.25, -0.2) is 8.42 Å². The molecule has 4 nitrogen and oxygen atoms in total. The third-order valence-corrected chi connectivity index (χ3v) is 5.52. The fourth-order valence-corrected chi connectivity index (χ4v) is 4.54. The number of piperazine rings is 1. The molecular formula is C11H22N2O2S. The molecule has 0 radical (unpaired) electrons. The third-order valence-electron chi connectivity index (χ3n) is 3.72. The largest absolute Gasteiger partial charge is 0.311 e. The van der Waals surface area contributed by atoms with Crippen LogP contribution in [0.2, 0.25) is 0 Å². The van der Waals surface area contributed by atoms with Crippen LogP contribution in [0.3, 0.4) is 0 Å². The van der Waals surface area contributed by atoms with Gasteiger partial charge in [-0.05, 0) is 26.7 Å². The lowest BCUT2D eigenvalue weighted by molar-refractivity contribution is 0.0979. The van der Waals surface area contributed by atoms with Crippen LogP contribution in [0.5, 0.6) is 0 Å². The van der Waals surface area contributed by atoms with Crippen LogP contribution in [0.1, 0.15) is 26.7 Å². The molecule has 0 aliphatic carbocycles. The van der Waals surface area contributed by atoms with Gasteiger partial charge in [0.15, 0.2) is 9.84 Å². The molecule has 5 heteroatoms. The van der Waals surface area contributed by atoms with Crippen molar-refractivity contribution in [1.29, 1.82) is 0 Å². The first kappa shape index (κ1) is 12.3. The fourth-order valence-electron chi connectivity index (χ4n) is 2.82. The molecule has 0 aromatic rings. The second-order valence-corrected chi connectivity index (χ2v) is 7.49. The van der Waals surface area contributed by atoms with Crippen molar-refractivity contribution in [3.63, 3.8) is 0 Å². The van der Waals surface area contributed by atoms with Gasteiger partial charge in [-0.2, -0.15) is 0 Å². The number of hydrogen-bond acceptors (Lipinski definition) is 4. The van der Waals surface area contributed by atoms with E-state index >= 15 is 0 Å². The van der Waals surface area contributed by atoms with E-state index in [9.17, 15) is 8.42 Å². The minimum atomic E-state index is -2.78. The Bertz CT molecular complexity index is 342. The molecule has 2 fully saturated rings. The maximum atomic E-state index is 11.6. The molecule has 3 unspecified atom stereocenters. The van der Waals surface area contributed by atoms with Crippen LogP contribution in [-0.2, 0) is 9.84 Å². The molecule has 0 aromatic carbocycles. The summed E-state index contributed by atoms with van der Waals surface area (Å²) in [4.78, 5) is 2.39. The number of sulfone groups is 1. The van der Waals surface area contributed by atoms with Gasteiger partial charge in [-0.15, -0.1) is 0 Å². The van der Waals surface area contributed by atoms with Crippen molar-refractivity contribution in [1.82, 2.24) is 10.2 Å². The van der Waals surface area contributed by atoms with E-state index in [-0.39, 0.29) is 6.04 Å². The quantitative estimate of drug-likeness (QED) is 0.720. The third kappa shape index (κ3) is 2.76. The first-order chi connectivity index (χ1) is 7.48. The molecular weight excluding hydrogens is 224 g/mol. The number of hydrogen-bond donors (Lipinski definition) is 1. The van der Waals surface area contributed by atoms with Crippen molar-refractivity contribution >= 4 is 9.84 Å². The lowest BCUT2D eigenvalue weighted by atomic mass is 10.0. The molecule has 2 saturated heterocycles. The van der Waals surface area contributed by atoms with E-state index in [1.165, 1.54) is 0 Å². The molecule has 2 rings (SSSR count). The molecule has 16 heavy (non-hydrogen) atoms. The van der Waals surface area contributed by atoms with E-state index in [2.05, 4.69) is 24.1 Å². The number of nitrogens with one attached hydrogen (secondary N) is 1. The highest BCUT2D eigenvalue weighted by Gasteiger charge is 2.34. The number of rotatable bonds is 1. The Morgan fingerprint density at radius 3 is 2.75 bits per heavy atom. The Hall–Kier alpha value is -0.130. The molecule has 0 aromatic heterocycles. The van der Waals surface area contributed by atoms with E-state index in [0.717, 1.165) is 25.9 Å². The van der Waals surface area contributed by atoms with E-state index in [1.807, 2.05) is 0 Å². The summed E-state index contributed by atoms with van der Waals surface area (Å²) in [6.45, 7) is 6.29. The van der Waals surface area contributed by atoms with Crippen LogP contribution in [0.4, 0.5) is 0 Å². The predicted octanol–water partition coefficient (Wildman–Crippen LogP) is 0.246. The lowest BCUT2D eigenvalue weighted by Crippen LogP contribution is -2.59. The molecule has 0 spiro atoms. The first-order valence-corrected chi connectivity index (χ1v) is 7.99. The van der Waals surface area contributed by atoms with Gasteiger partial charge in [0.1, 0.15) is 0 Å². The molecule has 3 atom stereocenters. The smallest absolute Gasteiger partial charge is 0.151 e. The normalized spacial score (nSPS) is 40.8. The zero-order chi connectivity index (χ0) is 11.8. The van der Waals surface area contributed by atoms with Crippen LogP contribution in [0, 0.1) is 0 Å². The Kier molecular flexibility index (Phi) is 3.56. The molecule has 2 aliphatic rings. The van der Waals surface area contributed by atoms with Gasteiger partial charge < -0.3 is 5.32 Å². The van der Waals surface area contributed by atoms with Gasteiger partial charge in [0.25, 0.3) is 0 Å². The van der Waals surface area contributed by atoms with Crippen molar-refractivity contribution in [3.8, 4) is 0 Å². The van der Waals surface area contributed by atoms with E-state index in [4.69, 9.17) is 0 Å². The fraction of sp³-hybridized carbons (Fsp3) is 1.00. The highest BCUT2D eigenvalue weighted by Crippen LogP contribution is 2.21. The van der Waals surface area contributed by atoms with Crippen molar-refractivity contribution in [2.75, 3.05) is 24.6 Å². The molecule has 2 heterocycles. The van der Waals surface area contributed by atoms with Crippen molar-refractivity contribution in [3.05, 3.63) is 0 Å². The standard InChI is InChI=1S/C11H22N2O2S/c1-9-7-13(10(2)6-12-9)11-4-3-5-16(14,15)8-11/h9-12H,3-8H2,1-2H3. The highest BCUT2D eigenvalue weighted by atomic mass is 32.2. The summed E-state index contributed by atoms with van der Waals surface area (Å²) in [5.74, 6) is 0.754. The van der Waals surface area contributed by atoms with Crippen molar-refractivity contribution in [2.24, 2.45) is 0 Å². The Morgan fingerprint density at radius 2 is 2.06 bits per heavy atom. The van der Waals surface area contributed by atoms with Gasteiger partial charge in [-0.3, -0.25) is 4.90 Å². The molecule has 1 N–H and O–H groups in total. The second kappa shape index (κ2) is 4.63. The molecule has 0 bridgehead atoms. The maximum absolute atomic E-state index is 11.6. The predicted molar refractivity (Wildman–Crippen MR) is 65.3 cm³/mol. The van der Waals surface area contributed by atoms with Crippen LogP contribution in [-0.4, -0.2) is 56.0 Å². The van der Waals surface area contributed by atoms with Gasteiger partial charge in [0, 0.05) is 31.2 Å². The summed E-state index contributed by atoms with van der Waals surface area (Å²) in [6, 6.07) is 1.17. The maximum Gasteiger partial charge on any atom is 0.151 e. The first-order valence-electron chi connectivity index (χ1n) is 6.17. The minimum absolute atomic E-state index is 0.248. The Morgan fingerprint density at radius 1 is 1.31 bits per heavy atom. The van der Waals surface area contributed by atoms with Crippen LogP contribution in [0.25, 0.3) is 0 Å². The van der Waals surface area contributed by atoms with Gasteiger partial charge in [-0.1, -0.05) is 0 Å². The van der Waals surface area contributed by atoms with Gasteiger partial charge in [0.2, 0.25) is 0 Å². The Labute approximate surface area is 98.3 Å². The van der Waals surface area contributed by atoms with Crippen LogP contribution in [0.15, 0.2) is 0 Å². The van der Waals surface area contributed by atoms with E-state index < -0.39 is 9.84 Å². The summed E-state index contributed by atoms with van der Waals surface area (Å²) in [5.41, 5.74) is 0. The van der Waals surface area contributed by atoms with Gasteiger partial charge >= 0.3 is 0 Å². The van der Waals surface area contributed by atoms with Crippen LogP contribution < -0.4 is 5.32 Å². The zero-order valence-electron chi connectivity index (χ0n) is 10.1. The SMILES string of the molecule is CC1CN(C2CCCS(=O)(=O)C2)C(C)CN1. The molecule has 0 saturated carbocycles. The lowest BCUT2D eigenvalue weighted by Gasteiger charge is -2.43. The minimum Gasteiger partial charge on any atom is -0.311 e. The van der Waals surface area contributed by atoms with E-state index in [0.29, 0.717) is 23.6 Å². The average Bonchev–Trinajstić information content (AvgIpc) is 2.20. The number of nitrogens with zero attached hydrogens (tertiary/aromatic N) is 1. The molecule has 2 aliphatic heterocycles. The summed E-state index contributed by atoms with van der Waals surface area (Å²) in [7, 11) is -2.78. The molecule has 0 amide bonds. The topological polar surface area (TPSA) is 49.4 Å². The summed E-state index contributed by atoms with van der Waals surface area (Å²) >= 11 is 0. The Balaban J connectivity index is 2.05. The summed E-state index contributed by atoms with van der Waals surface area (Å²) < 4.78 is 23.3. The zero-order valence-corrected chi connectivity index (χ0v) is 11.0. The average molecular weight is 246 g/mol. The summed E-state index contributed by atoms with van der Waals surface area (Å²) in [5, 5.41) is 3.43. The highest BCUT2D eigenvalue weighted by molar-refractivity contribution is 7.91. The van der Waals surface area contributed by atoms with Crippen molar-refractivity contribution in [2.45, 2.75) is 44.8 Å².